The second-order valence-electron chi connectivity index (χ2n) is 3.33. The molecule has 1 N–H and O–H groups in total. The zero-order valence-corrected chi connectivity index (χ0v) is 8.13. The number of hydrogen-bond donors (Lipinski definition) is 1. The van der Waals surface area contributed by atoms with Gasteiger partial charge in [-0.05, 0) is 25.7 Å². The van der Waals surface area contributed by atoms with Crippen molar-refractivity contribution in [3.63, 3.8) is 0 Å². The highest BCUT2D eigenvalue weighted by molar-refractivity contribution is 5.74. The second-order valence-corrected chi connectivity index (χ2v) is 3.33. The van der Waals surface area contributed by atoms with Crippen molar-refractivity contribution >= 4 is 5.97 Å². The quantitative estimate of drug-likeness (QED) is 0.644. The smallest absolute Gasteiger partial charge is 0.309 e. The Labute approximate surface area is 74.3 Å². The monoisotopic (exact) mass is 170 g/mol. The van der Waals surface area contributed by atoms with Gasteiger partial charge >= 0.3 is 5.97 Å². The van der Waals surface area contributed by atoms with Crippen molar-refractivity contribution in [1.29, 1.82) is 0 Å². The Balaban J connectivity index is 4.70. The van der Waals surface area contributed by atoms with Gasteiger partial charge in [0.15, 0.2) is 0 Å². The lowest BCUT2D eigenvalue weighted by Crippen LogP contribution is -2.33. The molecule has 0 aliphatic carbocycles. The highest BCUT2D eigenvalue weighted by Crippen LogP contribution is 2.34. The molecule has 0 saturated heterocycles. The molecule has 0 aromatic heterocycles. The maximum absolute atomic E-state index is 11.0. The molecule has 0 rings (SSSR count). The van der Waals surface area contributed by atoms with E-state index < -0.39 is 11.4 Å². The van der Waals surface area contributed by atoms with Crippen LogP contribution in [-0.4, -0.2) is 11.1 Å². The van der Waals surface area contributed by atoms with Gasteiger partial charge in [-0.1, -0.05) is 19.9 Å². The number of rotatable bonds is 5. The fraction of sp³-hybridized carbons (Fsp3) is 0.700. The molecule has 2 atom stereocenters. The molecule has 2 heteroatoms. The Morgan fingerprint density at radius 3 is 2.25 bits per heavy atom. The van der Waals surface area contributed by atoms with Gasteiger partial charge in [0.1, 0.15) is 0 Å². The molecule has 2 nitrogen and oxygen atoms in total. The van der Waals surface area contributed by atoms with Crippen molar-refractivity contribution in [3.8, 4) is 0 Å². The molecular weight excluding hydrogens is 152 g/mol. The molecule has 0 heterocycles. The summed E-state index contributed by atoms with van der Waals surface area (Å²) in [5.74, 6) is -0.656. The average molecular weight is 170 g/mol. The van der Waals surface area contributed by atoms with Crippen LogP contribution in [0.25, 0.3) is 0 Å². The average Bonchev–Trinajstić information content (AvgIpc) is 2.05. The van der Waals surface area contributed by atoms with Crippen molar-refractivity contribution < 1.29 is 9.90 Å². The van der Waals surface area contributed by atoms with Crippen molar-refractivity contribution in [3.05, 3.63) is 12.7 Å². The van der Waals surface area contributed by atoms with Gasteiger partial charge < -0.3 is 5.11 Å². The Hall–Kier alpha value is -0.790. The summed E-state index contributed by atoms with van der Waals surface area (Å²) in [6.07, 6.45) is 3.23. The Morgan fingerprint density at radius 1 is 1.67 bits per heavy atom. The molecule has 70 valence electrons. The molecule has 0 bridgehead atoms. The molecule has 0 spiro atoms. The highest BCUT2D eigenvalue weighted by atomic mass is 16.4. The van der Waals surface area contributed by atoms with Crippen molar-refractivity contribution in [1.82, 2.24) is 0 Å². The van der Waals surface area contributed by atoms with E-state index in [-0.39, 0.29) is 5.92 Å². The normalized spacial score (nSPS) is 17.9. The predicted molar refractivity (Wildman–Crippen MR) is 50.0 cm³/mol. The van der Waals surface area contributed by atoms with Crippen LogP contribution in [0.15, 0.2) is 12.7 Å². The number of carbonyl (C=O) groups is 1. The van der Waals surface area contributed by atoms with Crippen LogP contribution < -0.4 is 0 Å². The Kier molecular flexibility index (Phi) is 4.01. The topological polar surface area (TPSA) is 37.3 Å². The minimum absolute atomic E-state index is 0.0694. The van der Waals surface area contributed by atoms with Crippen LogP contribution in [0.1, 0.15) is 33.6 Å². The number of allylic oxidation sites excluding steroid dienone is 1. The first-order chi connectivity index (χ1) is 5.52. The lowest BCUT2D eigenvalue weighted by molar-refractivity contribution is -0.150. The van der Waals surface area contributed by atoms with Crippen LogP contribution in [-0.2, 0) is 4.79 Å². The number of aliphatic carboxylic acids is 1. The first kappa shape index (κ1) is 11.2. The van der Waals surface area contributed by atoms with Crippen molar-refractivity contribution in [2.75, 3.05) is 0 Å². The third-order valence-electron chi connectivity index (χ3n) is 2.77. The van der Waals surface area contributed by atoms with E-state index >= 15 is 0 Å². The largest absolute Gasteiger partial charge is 0.481 e. The molecule has 2 unspecified atom stereocenters. The lowest BCUT2D eigenvalue weighted by Gasteiger charge is -2.29. The van der Waals surface area contributed by atoms with E-state index in [1.165, 1.54) is 0 Å². The van der Waals surface area contributed by atoms with Crippen molar-refractivity contribution in [2.24, 2.45) is 11.3 Å². The minimum Gasteiger partial charge on any atom is -0.481 e. The van der Waals surface area contributed by atoms with Gasteiger partial charge in [-0.15, -0.1) is 6.58 Å². The van der Waals surface area contributed by atoms with E-state index in [4.69, 9.17) is 5.11 Å². The molecular formula is C10H18O2. The van der Waals surface area contributed by atoms with E-state index in [2.05, 4.69) is 6.58 Å². The summed E-state index contributed by atoms with van der Waals surface area (Å²) >= 11 is 0. The molecule has 12 heavy (non-hydrogen) atoms. The number of hydrogen-bond acceptors (Lipinski definition) is 1. The van der Waals surface area contributed by atoms with E-state index in [1.807, 2.05) is 13.8 Å². The molecule has 0 saturated carbocycles. The van der Waals surface area contributed by atoms with Gasteiger partial charge in [-0.2, -0.15) is 0 Å². The van der Waals surface area contributed by atoms with Gasteiger partial charge in [0, 0.05) is 0 Å². The fourth-order valence-corrected chi connectivity index (χ4v) is 1.45. The van der Waals surface area contributed by atoms with E-state index in [0.717, 1.165) is 6.42 Å². The van der Waals surface area contributed by atoms with Crippen LogP contribution in [0.5, 0.6) is 0 Å². The number of carboxylic acid groups (broad SMARTS) is 1. The summed E-state index contributed by atoms with van der Waals surface area (Å²) in [5, 5.41) is 9.02. The number of carboxylic acids is 1. The third-order valence-corrected chi connectivity index (χ3v) is 2.77. The zero-order chi connectivity index (χ0) is 9.78. The van der Waals surface area contributed by atoms with Gasteiger partial charge in [0.25, 0.3) is 0 Å². The summed E-state index contributed by atoms with van der Waals surface area (Å²) < 4.78 is 0. The van der Waals surface area contributed by atoms with Gasteiger partial charge in [0.2, 0.25) is 0 Å². The molecule has 0 amide bonds. The molecule has 0 radical (unpaired) electrons. The van der Waals surface area contributed by atoms with Crippen LogP contribution in [0.4, 0.5) is 0 Å². The molecule has 0 aliphatic heterocycles. The molecule has 0 aromatic rings. The second kappa shape index (κ2) is 4.29. The summed E-state index contributed by atoms with van der Waals surface area (Å²) in [4.78, 5) is 11.0. The van der Waals surface area contributed by atoms with Crippen molar-refractivity contribution in [2.45, 2.75) is 33.6 Å². The third kappa shape index (κ3) is 1.87. The van der Waals surface area contributed by atoms with Gasteiger partial charge in [0.05, 0.1) is 5.41 Å². The van der Waals surface area contributed by atoms with Crippen LogP contribution in [0, 0.1) is 11.3 Å². The lowest BCUT2D eigenvalue weighted by atomic mass is 9.74. The van der Waals surface area contributed by atoms with E-state index in [0.29, 0.717) is 6.42 Å². The first-order valence-corrected chi connectivity index (χ1v) is 4.38. The summed E-state index contributed by atoms with van der Waals surface area (Å²) in [6, 6.07) is 0. The standard InChI is InChI=1S/C10H18O2/c1-5-8(6-2)10(4,7-3)9(11)12/h5,8H,1,6-7H2,2-4H3,(H,11,12). The predicted octanol–water partition coefficient (Wildman–Crippen LogP) is 2.70. The zero-order valence-electron chi connectivity index (χ0n) is 8.13. The first-order valence-electron chi connectivity index (χ1n) is 4.38. The maximum atomic E-state index is 11.0. The molecule has 0 aliphatic rings. The SMILES string of the molecule is C=CC(CC)C(C)(CC)C(=O)O. The maximum Gasteiger partial charge on any atom is 0.309 e. The Morgan fingerprint density at radius 2 is 2.17 bits per heavy atom. The minimum atomic E-state index is -0.725. The van der Waals surface area contributed by atoms with Crippen LogP contribution in [0.2, 0.25) is 0 Å². The fourth-order valence-electron chi connectivity index (χ4n) is 1.45. The Bertz CT molecular complexity index is 175. The van der Waals surface area contributed by atoms with E-state index in [1.54, 1.807) is 13.0 Å². The summed E-state index contributed by atoms with van der Waals surface area (Å²) in [5.41, 5.74) is -0.642. The van der Waals surface area contributed by atoms with Gasteiger partial charge in [-0.3, -0.25) is 4.79 Å². The van der Waals surface area contributed by atoms with Crippen LogP contribution in [0.3, 0.4) is 0 Å². The molecule has 0 fully saturated rings. The van der Waals surface area contributed by atoms with E-state index in [9.17, 15) is 4.79 Å². The molecule has 0 aromatic carbocycles. The van der Waals surface area contributed by atoms with Crippen LogP contribution >= 0.6 is 0 Å². The summed E-state index contributed by atoms with van der Waals surface area (Å²) in [7, 11) is 0. The summed E-state index contributed by atoms with van der Waals surface area (Å²) in [6.45, 7) is 9.34. The van der Waals surface area contributed by atoms with Gasteiger partial charge in [-0.25, -0.2) is 0 Å². The highest BCUT2D eigenvalue weighted by Gasteiger charge is 2.36.